The second kappa shape index (κ2) is 7.28. The second-order valence-corrected chi connectivity index (χ2v) is 4.98. The van der Waals surface area contributed by atoms with Crippen LogP contribution in [0.5, 0.6) is 17.2 Å². The van der Waals surface area contributed by atoms with E-state index in [1.165, 1.54) is 4.90 Å². The summed E-state index contributed by atoms with van der Waals surface area (Å²) in [6.07, 6.45) is 0. The third-order valence-corrected chi connectivity index (χ3v) is 3.58. The van der Waals surface area contributed by atoms with Crippen molar-refractivity contribution in [2.45, 2.75) is 12.0 Å². The van der Waals surface area contributed by atoms with Gasteiger partial charge in [0.25, 0.3) is 5.92 Å². The fraction of sp³-hybridized carbons (Fsp3) is 0.538. The molecule has 1 fully saturated rings. The van der Waals surface area contributed by atoms with Crippen molar-refractivity contribution in [3.63, 3.8) is 0 Å². The van der Waals surface area contributed by atoms with Crippen molar-refractivity contribution in [3.8, 4) is 17.2 Å². The summed E-state index contributed by atoms with van der Waals surface area (Å²) in [6, 6.07) is 0.573. The van der Waals surface area contributed by atoms with Gasteiger partial charge in [0.2, 0.25) is 5.75 Å². The Morgan fingerprint density at radius 3 is 2.27 bits per heavy atom. The van der Waals surface area contributed by atoms with Gasteiger partial charge in [-0.1, -0.05) is 0 Å². The Morgan fingerprint density at radius 2 is 1.73 bits per heavy atom. The smallest absolute Gasteiger partial charge is 0.290 e. The third kappa shape index (κ3) is 3.52. The van der Waals surface area contributed by atoms with Gasteiger partial charge in [-0.05, 0) is 12.1 Å². The number of hydrogen-bond acceptors (Lipinski definition) is 6. The normalized spacial score (nSPS) is 17.8. The first kappa shape index (κ1) is 18.7. The third-order valence-electron chi connectivity index (χ3n) is 3.58. The van der Waals surface area contributed by atoms with Gasteiger partial charge in [0.1, 0.15) is 12.6 Å². The first-order valence-electron chi connectivity index (χ1n) is 6.55. The summed E-state index contributed by atoms with van der Waals surface area (Å²) in [5.41, 5.74) is -0.230. The zero-order chi connectivity index (χ0) is 15.6. The van der Waals surface area contributed by atoms with E-state index in [4.69, 9.17) is 5.11 Å². The van der Waals surface area contributed by atoms with Crippen LogP contribution in [0.3, 0.4) is 0 Å². The number of aliphatic hydroxyl groups is 1. The lowest BCUT2D eigenvalue weighted by Crippen LogP contribution is -2.51. The molecule has 0 saturated carbocycles. The van der Waals surface area contributed by atoms with E-state index in [0.717, 1.165) is 12.1 Å². The summed E-state index contributed by atoms with van der Waals surface area (Å²) >= 11 is 0. The van der Waals surface area contributed by atoms with Crippen molar-refractivity contribution in [1.82, 2.24) is 10.2 Å². The van der Waals surface area contributed by atoms with Crippen molar-refractivity contribution in [1.29, 1.82) is 0 Å². The first-order valence-corrected chi connectivity index (χ1v) is 6.55. The molecule has 0 amide bonds. The largest absolute Gasteiger partial charge is 0.504 e. The first-order chi connectivity index (χ1) is 9.88. The van der Waals surface area contributed by atoms with Crippen LogP contribution in [-0.4, -0.2) is 64.0 Å². The number of aromatic hydroxyl groups is 3. The van der Waals surface area contributed by atoms with Gasteiger partial charge in [-0.2, -0.15) is 0 Å². The topological polar surface area (TPSA) is 96.2 Å². The number of nitrogens with zero attached hydrogens (tertiary/aromatic N) is 1. The Kier molecular flexibility index (Phi) is 6.18. The number of rotatable bonds is 4. The molecule has 2 rings (SSSR count). The molecule has 5 N–H and O–H groups in total. The number of alkyl halides is 2. The summed E-state index contributed by atoms with van der Waals surface area (Å²) in [5, 5.41) is 40.7. The SMILES string of the molecule is Cl.OCC(F)(F)[C@@H](c1ccc(O)c(O)c1O)N1CCNCC1. The minimum Gasteiger partial charge on any atom is -0.504 e. The van der Waals surface area contributed by atoms with Crippen molar-refractivity contribution in [2.75, 3.05) is 32.8 Å². The molecule has 1 aromatic carbocycles. The summed E-state index contributed by atoms with van der Waals surface area (Å²) in [5.74, 6) is -5.74. The number of hydrogen-bond donors (Lipinski definition) is 5. The lowest BCUT2D eigenvalue weighted by Gasteiger charge is -2.39. The van der Waals surface area contributed by atoms with Gasteiger partial charge >= 0.3 is 0 Å². The van der Waals surface area contributed by atoms with Crippen molar-refractivity contribution in [3.05, 3.63) is 17.7 Å². The number of halogens is 3. The zero-order valence-electron chi connectivity index (χ0n) is 11.7. The molecule has 0 bridgehead atoms. The van der Waals surface area contributed by atoms with Crippen LogP contribution in [0.1, 0.15) is 11.6 Å². The van der Waals surface area contributed by atoms with E-state index in [2.05, 4.69) is 5.32 Å². The number of nitrogens with one attached hydrogen (secondary N) is 1. The molecule has 6 nitrogen and oxygen atoms in total. The highest BCUT2D eigenvalue weighted by molar-refractivity contribution is 5.85. The van der Waals surface area contributed by atoms with Crippen LogP contribution in [0.25, 0.3) is 0 Å². The Hall–Kier alpha value is -1.35. The molecule has 1 aromatic rings. The monoisotopic (exact) mass is 340 g/mol. The standard InChI is InChI=1S/C13H18F2N2O4.ClH/c14-13(15,7-18)12(17-5-3-16-4-6-17)8-1-2-9(19)11(21)10(8)20;/h1-2,12,16,18-21H,3-7H2;1H/t12-;/m1./s1. The van der Waals surface area contributed by atoms with Gasteiger partial charge in [-0.15, -0.1) is 12.4 Å². The minimum atomic E-state index is -3.50. The van der Waals surface area contributed by atoms with Crippen molar-refractivity contribution >= 4 is 12.4 Å². The zero-order valence-corrected chi connectivity index (χ0v) is 12.5. The quantitative estimate of drug-likeness (QED) is 0.520. The average molecular weight is 341 g/mol. The van der Waals surface area contributed by atoms with Gasteiger partial charge < -0.3 is 25.7 Å². The van der Waals surface area contributed by atoms with Crippen LogP contribution in [0, 0.1) is 0 Å². The lowest BCUT2D eigenvalue weighted by molar-refractivity contribution is -0.119. The summed E-state index contributed by atoms with van der Waals surface area (Å²) in [4.78, 5) is 1.43. The van der Waals surface area contributed by atoms with Gasteiger partial charge in [0, 0.05) is 31.7 Å². The average Bonchev–Trinajstić information content (AvgIpc) is 2.48. The van der Waals surface area contributed by atoms with Crippen molar-refractivity contribution < 1.29 is 29.2 Å². The molecule has 1 aliphatic heterocycles. The molecule has 9 heteroatoms. The molecule has 1 saturated heterocycles. The number of aliphatic hydroxyl groups excluding tert-OH is 1. The fourth-order valence-corrected chi connectivity index (χ4v) is 2.52. The molecular formula is C13H19ClF2N2O4. The van der Waals surface area contributed by atoms with E-state index in [-0.39, 0.29) is 18.0 Å². The molecule has 22 heavy (non-hydrogen) atoms. The van der Waals surface area contributed by atoms with E-state index in [1.54, 1.807) is 0 Å². The highest BCUT2D eigenvalue weighted by Crippen LogP contribution is 2.46. The van der Waals surface area contributed by atoms with Crippen LogP contribution >= 0.6 is 12.4 Å². The molecule has 1 heterocycles. The minimum absolute atomic E-state index is 0. The Bertz CT molecular complexity index is 513. The van der Waals surface area contributed by atoms with E-state index >= 15 is 0 Å². The summed E-state index contributed by atoms with van der Waals surface area (Å²) in [6.45, 7) is 0.233. The Labute approximate surface area is 132 Å². The van der Waals surface area contributed by atoms with Gasteiger partial charge in [-0.25, -0.2) is 8.78 Å². The Morgan fingerprint density at radius 1 is 1.14 bits per heavy atom. The van der Waals surface area contributed by atoms with Gasteiger partial charge in [-0.3, -0.25) is 4.90 Å². The number of phenols is 3. The number of phenolic OH excluding ortho intramolecular Hbond substituents is 3. The molecule has 0 unspecified atom stereocenters. The maximum absolute atomic E-state index is 14.1. The number of benzene rings is 1. The maximum Gasteiger partial charge on any atom is 0.290 e. The van der Waals surface area contributed by atoms with E-state index in [1.807, 2.05) is 0 Å². The van der Waals surface area contributed by atoms with E-state index < -0.39 is 35.8 Å². The molecule has 0 radical (unpaired) electrons. The summed E-state index contributed by atoms with van der Waals surface area (Å²) < 4.78 is 28.3. The fourth-order valence-electron chi connectivity index (χ4n) is 2.52. The molecule has 1 aliphatic rings. The van der Waals surface area contributed by atoms with E-state index in [0.29, 0.717) is 26.2 Å². The highest BCUT2D eigenvalue weighted by atomic mass is 35.5. The van der Waals surface area contributed by atoms with Crippen LogP contribution in [0.15, 0.2) is 12.1 Å². The predicted octanol–water partition coefficient (Wildman–Crippen LogP) is 0.799. The van der Waals surface area contributed by atoms with Gasteiger partial charge in [0.15, 0.2) is 11.5 Å². The van der Waals surface area contributed by atoms with Gasteiger partial charge in [0.05, 0.1) is 0 Å². The van der Waals surface area contributed by atoms with Crippen molar-refractivity contribution in [2.24, 2.45) is 0 Å². The maximum atomic E-state index is 14.1. The highest BCUT2D eigenvalue weighted by Gasteiger charge is 2.45. The van der Waals surface area contributed by atoms with Crippen LogP contribution in [-0.2, 0) is 0 Å². The van der Waals surface area contributed by atoms with Crippen LogP contribution in [0.2, 0.25) is 0 Å². The molecule has 126 valence electrons. The molecule has 1 atom stereocenters. The van der Waals surface area contributed by atoms with Crippen LogP contribution < -0.4 is 5.32 Å². The predicted molar refractivity (Wildman–Crippen MR) is 77.9 cm³/mol. The van der Waals surface area contributed by atoms with Crippen LogP contribution in [0.4, 0.5) is 8.78 Å². The van der Waals surface area contributed by atoms with E-state index in [9.17, 15) is 24.1 Å². The molecule has 0 aliphatic carbocycles. The molecule has 0 spiro atoms. The molecular weight excluding hydrogens is 322 g/mol. The molecule has 0 aromatic heterocycles. The lowest BCUT2D eigenvalue weighted by atomic mass is 9.96. The summed E-state index contributed by atoms with van der Waals surface area (Å²) in [7, 11) is 0. The second-order valence-electron chi connectivity index (χ2n) is 4.98. The Balaban J connectivity index is 0.00000242. The number of piperazine rings is 1.